The second-order valence-electron chi connectivity index (χ2n) is 4.72. The Morgan fingerprint density at radius 1 is 1.35 bits per heavy atom. The third-order valence-electron chi connectivity index (χ3n) is 3.40. The number of fused-ring (bicyclic) bond motifs is 2. The summed E-state index contributed by atoms with van der Waals surface area (Å²) >= 11 is 0. The van der Waals surface area contributed by atoms with Gasteiger partial charge in [-0.1, -0.05) is 18.2 Å². The number of rotatable bonds is 2. The number of nitrogens with one attached hydrogen (secondary N) is 1. The first-order valence-electron chi connectivity index (χ1n) is 6.39. The van der Waals surface area contributed by atoms with Crippen LogP contribution in [0.4, 0.5) is 11.6 Å². The van der Waals surface area contributed by atoms with Crippen LogP contribution >= 0.6 is 0 Å². The first kappa shape index (κ1) is 11.1. The second-order valence-corrected chi connectivity index (χ2v) is 4.72. The summed E-state index contributed by atoms with van der Waals surface area (Å²) in [5.74, 6) is 2.03. The molecule has 1 aliphatic heterocycles. The normalized spacial score (nSPS) is 16.9. The molecule has 0 amide bonds. The average Bonchev–Trinajstić information content (AvgIpc) is 3.06. The van der Waals surface area contributed by atoms with Gasteiger partial charge >= 0.3 is 0 Å². The van der Waals surface area contributed by atoms with Crippen LogP contribution in [0, 0.1) is 0 Å². The summed E-state index contributed by atoms with van der Waals surface area (Å²) in [7, 11) is 0. The van der Waals surface area contributed by atoms with E-state index in [2.05, 4.69) is 21.4 Å². The van der Waals surface area contributed by atoms with Crippen molar-refractivity contribution in [1.82, 2.24) is 14.4 Å². The van der Waals surface area contributed by atoms with Crippen molar-refractivity contribution in [3.05, 3.63) is 48.4 Å². The van der Waals surface area contributed by atoms with E-state index in [1.54, 1.807) is 12.4 Å². The van der Waals surface area contributed by atoms with E-state index >= 15 is 0 Å². The van der Waals surface area contributed by atoms with Crippen LogP contribution in [0.3, 0.4) is 0 Å². The molecule has 0 saturated heterocycles. The van der Waals surface area contributed by atoms with Gasteiger partial charge in [-0.2, -0.15) is 0 Å². The van der Waals surface area contributed by atoms with E-state index in [9.17, 15) is 0 Å². The van der Waals surface area contributed by atoms with Crippen molar-refractivity contribution in [2.75, 3.05) is 17.7 Å². The average molecular weight is 267 g/mol. The molecule has 3 heterocycles. The molecule has 1 atom stereocenters. The lowest BCUT2D eigenvalue weighted by Crippen LogP contribution is -2.14. The van der Waals surface area contributed by atoms with E-state index < -0.39 is 0 Å². The molecule has 0 fully saturated rings. The zero-order valence-electron chi connectivity index (χ0n) is 10.7. The van der Waals surface area contributed by atoms with Gasteiger partial charge in [0.15, 0.2) is 11.5 Å². The van der Waals surface area contributed by atoms with Crippen molar-refractivity contribution in [2.45, 2.75) is 6.04 Å². The fourth-order valence-corrected chi connectivity index (χ4v) is 2.50. The minimum Gasteiger partial charge on any atom is -0.491 e. The molecule has 2 aromatic heterocycles. The Hall–Kier alpha value is -2.76. The maximum absolute atomic E-state index is 5.82. The molecule has 100 valence electrons. The smallest absolute Gasteiger partial charge is 0.180 e. The number of nitrogen functional groups attached to an aromatic ring is 1. The van der Waals surface area contributed by atoms with Gasteiger partial charge in [0.25, 0.3) is 0 Å². The standard InChI is InChI=1S/C14H13N5O/c15-12-7-19-6-5-16-14(19)13(18-12)17-10-8-20-11-4-2-1-3-9(10)11/h1-7,10H,8,15H2,(H,17,18). The summed E-state index contributed by atoms with van der Waals surface area (Å²) in [6.45, 7) is 0.572. The van der Waals surface area contributed by atoms with E-state index in [1.807, 2.05) is 28.8 Å². The van der Waals surface area contributed by atoms with Gasteiger partial charge in [0.05, 0.1) is 12.2 Å². The minimum atomic E-state index is 0.0565. The molecule has 0 radical (unpaired) electrons. The molecule has 0 spiro atoms. The van der Waals surface area contributed by atoms with Crippen LogP contribution in [0.15, 0.2) is 42.9 Å². The number of aromatic nitrogens is 3. The molecule has 0 aliphatic carbocycles. The Morgan fingerprint density at radius 3 is 3.20 bits per heavy atom. The molecule has 0 saturated carbocycles. The van der Waals surface area contributed by atoms with Crippen molar-refractivity contribution in [2.24, 2.45) is 0 Å². The van der Waals surface area contributed by atoms with Gasteiger partial charge in [0.2, 0.25) is 0 Å². The van der Waals surface area contributed by atoms with Crippen molar-refractivity contribution < 1.29 is 4.74 Å². The first-order chi connectivity index (χ1) is 9.81. The van der Waals surface area contributed by atoms with Crippen LogP contribution in [-0.4, -0.2) is 21.0 Å². The predicted octanol–water partition coefficient (Wildman–Crippen LogP) is 1.86. The van der Waals surface area contributed by atoms with Gasteiger partial charge in [-0.05, 0) is 6.07 Å². The van der Waals surface area contributed by atoms with Gasteiger partial charge in [0, 0.05) is 18.0 Å². The van der Waals surface area contributed by atoms with Crippen LogP contribution in [0.25, 0.3) is 5.65 Å². The van der Waals surface area contributed by atoms with E-state index in [0.717, 1.165) is 17.0 Å². The molecule has 6 nitrogen and oxygen atoms in total. The number of para-hydroxylation sites is 1. The molecular weight excluding hydrogens is 254 g/mol. The van der Waals surface area contributed by atoms with Gasteiger partial charge in [-0.25, -0.2) is 9.97 Å². The lowest BCUT2D eigenvalue weighted by Gasteiger charge is -2.13. The number of imidazole rings is 1. The van der Waals surface area contributed by atoms with Crippen molar-refractivity contribution in [3.8, 4) is 5.75 Å². The van der Waals surface area contributed by atoms with E-state index in [-0.39, 0.29) is 6.04 Å². The van der Waals surface area contributed by atoms with Gasteiger partial charge in [0.1, 0.15) is 18.2 Å². The second kappa shape index (κ2) is 4.12. The van der Waals surface area contributed by atoms with E-state index in [4.69, 9.17) is 10.5 Å². The summed E-state index contributed by atoms with van der Waals surface area (Å²) in [6.07, 6.45) is 5.31. The van der Waals surface area contributed by atoms with Crippen molar-refractivity contribution in [1.29, 1.82) is 0 Å². The fourth-order valence-electron chi connectivity index (χ4n) is 2.50. The quantitative estimate of drug-likeness (QED) is 0.741. The molecule has 3 aromatic rings. The Morgan fingerprint density at radius 2 is 2.25 bits per heavy atom. The molecule has 0 bridgehead atoms. The van der Waals surface area contributed by atoms with Crippen LogP contribution < -0.4 is 15.8 Å². The zero-order valence-corrected chi connectivity index (χ0v) is 10.7. The highest BCUT2D eigenvalue weighted by Crippen LogP contribution is 2.34. The van der Waals surface area contributed by atoms with E-state index in [0.29, 0.717) is 18.2 Å². The topological polar surface area (TPSA) is 77.5 Å². The predicted molar refractivity (Wildman–Crippen MR) is 75.7 cm³/mol. The molecule has 1 unspecified atom stereocenters. The molecule has 3 N–H and O–H groups in total. The Kier molecular flexibility index (Phi) is 2.29. The number of nitrogens with zero attached hydrogens (tertiary/aromatic N) is 3. The highest BCUT2D eigenvalue weighted by Gasteiger charge is 2.24. The number of benzene rings is 1. The minimum absolute atomic E-state index is 0.0565. The number of hydrogen-bond acceptors (Lipinski definition) is 5. The van der Waals surface area contributed by atoms with Gasteiger partial charge in [-0.15, -0.1) is 0 Å². The number of anilines is 2. The lowest BCUT2D eigenvalue weighted by atomic mass is 10.1. The summed E-state index contributed by atoms with van der Waals surface area (Å²) in [5, 5.41) is 3.37. The first-order valence-corrected chi connectivity index (χ1v) is 6.39. The van der Waals surface area contributed by atoms with Crippen molar-refractivity contribution >= 4 is 17.3 Å². The fraction of sp³-hybridized carbons (Fsp3) is 0.143. The van der Waals surface area contributed by atoms with Crippen molar-refractivity contribution in [3.63, 3.8) is 0 Å². The largest absolute Gasteiger partial charge is 0.491 e. The van der Waals surface area contributed by atoms with Gasteiger partial charge < -0.3 is 20.2 Å². The maximum Gasteiger partial charge on any atom is 0.180 e. The Balaban J connectivity index is 1.74. The van der Waals surface area contributed by atoms with Crippen LogP contribution in [0.5, 0.6) is 5.75 Å². The Bertz CT molecular complexity index is 782. The summed E-state index contributed by atoms with van der Waals surface area (Å²) in [5.41, 5.74) is 7.70. The molecule has 20 heavy (non-hydrogen) atoms. The van der Waals surface area contributed by atoms with Gasteiger partial charge in [-0.3, -0.25) is 0 Å². The number of nitrogens with two attached hydrogens (primary N) is 1. The molecule has 1 aromatic carbocycles. The SMILES string of the molecule is Nc1cn2ccnc2c(NC2COc3ccccc32)n1. The van der Waals surface area contributed by atoms with Crippen LogP contribution in [0.1, 0.15) is 11.6 Å². The molecule has 6 heteroatoms. The van der Waals surface area contributed by atoms with Crippen LogP contribution in [0.2, 0.25) is 0 Å². The molecular formula is C14H13N5O. The molecule has 1 aliphatic rings. The zero-order chi connectivity index (χ0) is 13.5. The summed E-state index contributed by atoms with van der Waals surface area (Å²) < 4.78 is 7.51. The van der Waals surface area contributed by atoms with Crippen LogP contribution in [-0.2, 0) is 0 Å². The summed E-state index contributed by atoms with van der Waals surface area (Å²) in [4.78, 5) is 8.64. The monoisotopic (exact) mass is 267 g/mol. The number of hydrogen-bond donors (Lipinski definition) is 2. The highest BCUT2D eigenvalue weighted by atomic mass is 16.5. The molecule has 4 rings (SSSR count). The Labute approximate surface area is 115 Å². The third kappa shape index (κ3) is 1.65. The van der Waals surface area contributed by atoms with E-state index in [1.165, 1.54) is 0 Å². The maximum atomic E-state index is 5.82. The highest BCUT2D eigenvalue weighted by molar-refractivity contribution is 5.66. The number of ether oxygens (including phenoxy) is 1. The third-order valence-corrected chi connectivity index (χ3v) is 3.40. The lowest BCUT2D eigenvalue weighted by molar-refractivity contribution is 0.339. The summed E-state index contributed by atoms with van der Waals surface area (Å²) in [6, 6.07) is 8.04.